The molecule has 4 fully saturated rings. The van der Waals surface area contributed by atoms with Gasteiger partial charge in [0.2, 0.25) is 5.82 Å². The molecular formula is C19H25F3N4. The molecule has 1 saturated carbocycles. The Kier molecular flexibility index (Phi) is 3.92. The van der Waals surface area contributed by atoms with Crippen molar-refractivity contribution < 1.29 is 13.2 Å². The van der Waals surface area contributed by atoms with Gasteiger partial charge in [0.1, 0.15) is 5.82 Å². The zero-order valence-electron chi connectivity index (χ0n) is 14.8. The summed E-state index contributed by atoms with van der Waals surface area (Å²) in [6, 6.07) is 3.00. The average molecular weight is 366 g/mol. The van der Waals surface area contributed by atoms with Crippen molar-refractivity contribution in [2.24, 2.45) is 17.8 Å². The fourth-order valence-electron chi connectivity index (χ4n) is 5.68. The van der Waals surface area contributed by atoms with Gasteiger partial charge in [-0.1, -0.05) is 6.42 Å². The Morgan fingerprint density at radius 1 is 0.962 bits per heavy atom. The molecule has 3 aliphatic heterocycles. The molecule has 0 aromatic carbocycles. The maximum Gasteiger partial charge on any atom is 0.451 e. The van der Waals surface area contributed by atoms with Gasteiger partial charge in [-0.15, -0.1) is 0 Å². The Hall–Kier alpha value is -1.37. The Balaban J connectivity index is 1.36. The summed E-state index contributed by atoms with van der Waals surface area (Å²) in [6.45, 7) is 2.74. The molecule has 1 aromatic rings. The summed E-state index contributed by atoms with van der Waals surface area (Å²) in [5, 5.41) is 0. The van der Waals surface area contributed by atoms with Crippen LogP contribution in [-0.2, 0) is 6.18 Å². The van der Waals surface area contributed by atoms with E-state index in [1.807, 2.05) is 0 Å². The summed E-state index contributed by atoms with van der Waals surface area (Å²) in [5.74, 6) is 1.40. The second-order valence-corrected chi connectivity index (χ2v) is 8.60. The molecule has 0 spiro atoms. The third-order valence-electron chi connectivity index (χ3n) is 6.82. The van der Waals surface area contributed by atoms with Gasteiger partial charge in [-0.2, -0.15) is 13.2 Å². The molecule has 1 aliphatic carbocycles. The van der Waals surface area contributed by atoms with Crippen LogP contribution in [0.4, 0.5) is 19.0 Å². The molecule has 0 N–H and O–H groups in total. The minimum Gasteiger partial charge on any atom is -0.356 e. The summed E-state index contributed by atoms with van der Waals surface area (Å²) < 4.78 is 38.9. The van der Waals surface area contributed by atoms with E-state index in [9.17, 15) is 13.2 Å². The first-order valence-electron chi connectivity index (χ1n) is 9.90. The second-order valence-electron chi connectivity index (χ2n) is 8.60. The van der Waals surface area contributed by atoms with E-state index in [2.05, 4.69) is 19.8 Å². The lowest BCUT2D eigenvalue weighted by Crippen LogP contribution is -2.62. The van der Waals surface area contributed by atoms with Crippen molar-refractivity contribution in [1.29, 1.82) is 0 Å². The van der Waals surface area contributed by atoms with Gasteiger partial charge in [0.25, 0.3) is 0 Å². The second kappa shape index (κ2) is 6.08. The quantitative estimate of drug-likeness (QED) is 0.801. The highest BCUT2D eigenvalue weighted by molar-refractivity contribution is 5.39. The number of nitrogens with zero attached hydrogens (tertiary/aromatic N) is 4. The van der Waals surface area contributed by atoms with Gasteiger partial charge in [0.15, 0.2) is 0 Å². The number of hydrogen-bond donors (Lipinski definition) is 0. The van der Waals surface area contributed by atoms with Crippen LogP contribution in [0.15, 0.2) is 12.3 Å². The fourth-order valence-corrected chi connectivity index (χ4v) is 5.68. The van der Waals surface area contributed by atoms with Crippen LogP contribution in [0.5, 0.6) is 0 Å². The van der Waals surface area contributed by atoms with Gasteiger partial charge in [-0.25, -0.2) is 9.97 Å². The molecule has 142 valence electrons. The Labute approximate surface area is 151 Å². The third kappa shape index (κ3) is 2.98. The van der Waals surface area contributed by atoms with Crippen molar-refractivity contribution in [2.45, 2.75) is 56.8 Å². The number of fused-ring (bicyclic) bond motifs is 4. The van der Waals surface area contributed by atoms with E-state index in [-0.39, 0.29) is 0 Å². The van der Waals surface area contributed by atoms with E-state index >= 15 is 0 Å². The van der Waals surface area contributed by atoms with Gasteiger partial charge in [0.05, 0.1) is 0 Å². The minimum absolute atomic E-state index is 0.435. The lowest BCUT2D eigenvalue weighted by atomic mass is 9.74. The van der Waals surface area contributed by atoms with Crippen molar-refractivity contribution in [2.75, 3.05) is 24.5 Å². The van der Waals surface area contributed by atoms with Crippen LogP contribution < -0.4 is 4.90 Å². The molecule has 1 aromatic heterocycles. The van der Waals surface area contributed by atoms with E-state index in [0.29, 0.717) is 23.7 Å². The number of anilines is 1. The SMILES string of the molecule is FC(F)(F)c1nccc(N2C[C@@H]3C[C@H](C2)[C@@H]2CCC[C@H](C4CC4)N2C3)n1. The van der Waals surface area contributed by atoms with Crippen LogP contribution in [0.3, 0.4) is 0 Å². The highest BCUT2D eigenvalue weighted by Gasteiger charge is 2.48. The lowest BCUT2D eigenvalue weighted by molar-refractivity contribution is -0.144. The van der Waals surface area contributed by atoms with Crippen LogP contribution in [-0.4, -0.2) is 46.6 Å². The van der Waals surface area contributed by atoms with E-state index in [0.717, 1.165) is 31.6 Å². The number of rotatable bonds is 2. The molecule has 4 aliphatic rings. The van der Waals surface area contributed by atoms with E-state index in [1.165, 1.54) is 44.7 Å². The monoisotopic (exact) mass is 366 g/mol. The van der Waals surface area contributed by atoms with Crippen LogP contribution in [0.25, 0.3) is 0 Å². The number of piperidine rings is 3. The predicted octanol–water partition coefficient (Wildman–Crippen LogP) is 3.58. The number of halogens is 3. The summed E-state index contributed by atoms with van der Waals surface area (Å²) in [5.41, 5.74) is 0. The van der Waals surface area contributed by atoms with Crippen LogP contribution in [0.1, 0.15) is 44.3 Å². The van der Waals surface area contributed by atoms with Crippen molar-refractivity contribution in [3.05, 3.63) is 18.1 Å². The number of hydrogen-bond acceptors (Lipinski definition) is 4. The minimum atomic E-state index is -4.49. The molecule has 3 saturated heterocycles. The van der Waals surface area contributed by atoms with Crippen LogP contribution in [0.2, 0.25) is 0 Å². The predicted molar refractivity (Wildman–Crippen MR) is 91.7 cm³/mol. The molecule has 0 amide bonds. The van der Waals surface area contributed by atoms with Crippen molar-refractivity contribution in [3.8, 4) is 0 Å². The first kappa shape index (κ1) is 16.8. The summed E-state index contributed by atoms with van der Waals surface area (Å²) in [4.78, 5) is 12.1. The van der Waals surface area contributed by atoms with Crippen molar-refractivity contribution in [1.82, 2.24) is 14.9 Å². The maximum absolute atomic E-state index is 13.0. The number of aromatic nitrogens is 2. The lowest BCUT2D eigenvalue weighted by Gasteiger charge is -2.55. The first-order valence-corrected chi connectivity index (χ1v) is 9.90. The summed E-state index contributed by atoms with van der Waals surface area (Å²) in [7, 11) is 0. The Morgan fingerprint density at radius 3 is 2.46 bits per heavy atom. The first-order chi connectivity index (χ1) is 12.5. The van der Waals surface area contributed by atoms with E-state index < -0.39 is 12.0 Å². The molecule has 0 unspecified atom stereocenters. The molecule has 5 rings (SSSR count). The molecule has 2 bridgehead atoms. The molecule has 4 nitrogen and oxygen atoms in total. The van der Waals surface area contributed by atoms with Gasteiger partial charge < -0.3 is 4.90 Å². The van der Waals surface area contributed by atoms with Gasteiger partial charge >= 0.3 is 6.18 Å². The molecule has 0 radical (unpaired) electrons. The van der Waals surface area contributed by atoms with E-state index in [1.54, 1.807) is 6.07 Å². The van der Waals surface area contributed by atoms with Crippen LogP contribution in [0, 0.1) is 17.8 Å². The third-order valence-corrected chi connectivity index (χ3v) is 6.82. The highest BCUT2D eigenvalue weighted by Crippen LogP contribution is 2.46. The molecule has 4 atom stereocenters. The molecule has 7 heteroatoms. The zero-order valence-corrected chi connectivity index (χ0v) is 14.8. The molecular weight excluding hydrogens is 341 g/mol. The Bertz CT molecular complexity index is 675. The summed E-state index contributed by atoms with van der Waals surface area (Å²) in [6.07, 6.45) is 4.62. The highest BCUT2D eigenvalue weighted by atomic mass is 19.4. The fraction of sp³-hybridized carbons (Fsp3) is 0.789. The molecule has 26 heavy (non-hydrogen) atoms. The topological polar surface area (TPSA) is 32.3 Å². The van der Waals surface area contributed by atoms with Gasteiger partial charge in [-0.3, -0.25) is 4.90 Å². The van der Waals surface area contributed by atoms with Gasteiger partial charge in [-0.05, 0) is 55.9 Å². The van der Waals surface area contributed by atoms with E-state index in [4.69, 9.17) is 0 Å². The average Bonchev–Trinajstić information content (AvgIpc) is 3.45. The van der Waals surface area contributed by atoms with Crippen molar-refractivity contribution >= 4 is 5.82 Å². The van der Waals surface area contributed by atoms with Crippen molar-refractivity contribution in [3.63, 3.8) is 0 Å². The number of alkyl halides is 3. The normalized spacial score (nSPS) is 35.3. The largest absolute Gasteiger partial charge is 0.451 e. The smallest absolute Gasteiger partial charge is 0.356 e. The summed E-state index contributed by atoms with van der Waals surface area (Å²) >= 11 is 0. The maximum atomic E-state index is 13.0. The zero-order chi connectivity index (χ0) is 17.9. The molecule has 4 heterocycles. The Morgan fingerprint density at radius 2 is 1.73 bits per heavy atom. The van der Waals surface area contributed by atoms with Crippen LogP contribution >= 0.6 is 0 Å². The standard InChI is InChI=1S/C19H25F3N4/c20-19(21,22)18-23-7-6-17(24-18)25-9-12-8-14(11-25)16-3-1-2-15(13-4-5-13)26(16)10-12/h6-7,12-16H,1-5,8-11H2/t12-,14+,15+,16-/m0/s1. The van der Waals surface area contributed by atoms with Gasteiger partial charge in [0, 0.05) is 37.9 Å².